The minimum absolute atomic E-state index is 0.0674. The lowest BCUT2D eigenvalue weighted by molar-refractivity contribution is 0.161. The molecule has 1 aliphatic rings. The SMILES string of the molecule is CCCOC(=O)Nc1ccc(C)c2c(=O)oc(OCC(CC)C3CC3)nc12. The summed E-state index contributed by atoms with van der Waals surface area (Å²) in [5, 5.41) is 2.97. The molecule has 1 aromatic carbocycles. The van der Waals surface area contributed by atoms with Gasteiger partial charge in [0.2, 0.25) is 0 Å². The second-order valence-electron chi connectivity index (χ2n) is 7.00. The molecule has 146 valence electrons. The molecule has 2 aromatic rings. The Morgan fingerprint density at radius 1 is 1.37 bits per heavy atom. The van der Waals surface area contributed by atoms with Gasteiger partial charge < -0.3 is 13.9 Å². The topological polar surface area (TPSA) is 90.7 Å². The fourth-order valence-electron chi connectivity index (χ4n) is 3.15. The molecule has 1 fully saturated rings. The molecule has 1 aromatic heterocycles. The smallest absolute Gasteiger partial charge is 0.411 e. The summed E-state index contributed by atoms with van der Waals surface area (Å²) in [5.74, 6) is 1.13. The van der Waals surface area contributed by atoms with Gasteiger partial charge in [0.1, 0.15) is 5.52 Å². The van der Waals surface area contributed by atoms with Crippen LogP contribution in [0.3, 0.4) is 0 Å². The van der Waals surface area contributed by atoms with Crippen molar-refractivity contribution >= 4 is 22.7 Å². The number of aryl methyl sites for hydroxylation is 1. The Kier molecular flexibility index (Phi) is 5.98. The quantitative estimate of drug-likeness (QED) is 0.742. The zero-order valence-electron chi connectivity index (χ0n) is 16.0. The number of aromatic nitrogens is 1. The maximum absolute atomic E-state index is 12.5. The molecule has 0 saturated heterocycles. The molecule has 0 radical (unpaired) electrons. The first kappa shape index (κ1) is 19.2. The summed E-state index contributed by atoms with van der Waals surface area (Å²) in [6, 6.07) is 3.43. The van der Waals surface area contributed by atoms with E-state index in [0.29, 0.717) is 41.6 Å². The Labute approximate surface area is 158 Å². The van der Waals surface area contributed by atoms with Crippen LogP contribution in [0.25, 0.3) is 10.9 Å². The number of hydrogen-bond donors (Lipinski definition) is 1. The number of carbonyl (C=O) groups is 1. The van der Waals surface area contributed by atoms with Crippen molar-refractivity contribution < 1.29 is 18.7 Å². The van der Waals surface area contributed by atoms with Crippen molar-refractivity contribution in [3.8, 4) is 6.08 Å². The second-order valence-corrected chi connectivity index (χ2v) is 7.00. The van der Waals surface area contributed by atoms with Crippen LogP contribution in [0.4, 0.5) is 10.5 Å². The predicted octanol–water partition coefficient (Wildman–Crippen LogP) is 4.27. The van der Waals surface area contributed by atoms with E-state index in [2.05, 4.69) is 17.2 Å². The highest BCUT2D eigenvalue weighted by Gasteiger charge is 2.30. The van der Waals surface area contributed by atoms with Gasteiger partial charge in [-0.05, 0) is 56.1 Å². The summed E-state index contributed by atoms with van der Waals surface area (Å²) in [7, 11) is 0. The number of fused-ring (bicyclic) bond motifs is 1. The summed E-state index contributed by atoms with van der Waals surface area (Å²) in [6.45, 7) is 6.62. The maximum atomic E-state index is 12.5. The molecule has 3 rings (SSSR count). The minimum atomic E-state index is -0.584. The van der Waals surface area contributed by atoms with Crippen LogP contribution >= 0.6 is 0 Å². The van der Waals surface area contributed by atoms with E-state index in [-0.39, 0.29) is 6.08 Å². The summed E-state index contributed by atoms with van der Waals surface area (Å²) in [5.41, 5.74) is 0.921. The third-order valence-corrected chi connectivity index (χ3v) is 4.88. The van der Waals surface area contributed by atoms with Gasteiger partial charge in [-0.3, -0.25) is 5.32 Å². The van der Waals surface area contributed by atoms with Gasteiger partial charge in [0.25, 0.3) is 0 Å². The fourth-order valence-corrected chi connectivity index (χ4v) is 3.15. The highest BCUT2D eigenvalue weighted by atomic mass is 16.6. The largest absolute Gasteiger partial charge is 0.450 e. The number of amides is 1. The van der Waals surface area contributed by atoms with Gasteiger partial charge in [0.15, 0.2) is 0 Å². The van der Waals surface area contributed by atoms with Gasteiger partial charge in [-0.2, -0.15) is 4.98 Å². The predicted molar refractivity (Wildman–Crippen MR) is 102 cm³/mol. The standard InChI is InChI=1S/C20H26N2O5/c1-4-10-25-19(24)21-15-9-6-12(3)16-17(15)22-20(27-18(16)23)26-11-13(5-2)14-7-8-14/h6,9,13-14H,4-5,7-8,10-11H2,1-3H3,(H,21,24). The van der Waals surface area contributed by atoms with E-state index in [9.17, 15) is 9.59 Å². The van der Waals surface area contributed by atoms with E-state index >= 15 is 0 Å². The number of nitrogens with one attached hydrogen (secondary N) is 1. The van der Waals surface area contributed by atoms with Gasteiger partial charge in [-0.25, -0.2) is 9.59 Å². The molecule has 7 nitrogen and oxygen atoms in total. The minimum Gasteiger partial charge on any atom is -0.450 e. The lowest BCUT2D eigenvalue weighted by Crippen LogP contribution is -2.17. The monoisotopic (exact) mass is 374 g/mol. The summed E-state index contributed by atoms with van der Waals surface area (Å²) < 4.78 is 16.0. The molecular weight excluding hydrogens is 348 g/mol. The lowest BCUT2D eigenvalue weighted by atomic mass is 10.0. The van der Waals surface area contributed by atoms with Crippen molar-refractivity contribution in [3.63, 3.8) is 0 Å². The molecule has 1 atom stereocenters. The third-order valence-electron chi connectivity index (χ3n) is 4.88. The summed E-state index contributed by atoms with van der Waals surface area (Å²) in [4.78, 5) is 28.7. The van der Waals surface area contributed by atoms with Gasteiger partial charge in [0.05, 0.1) is 24.3 Å². The average Bonchev–Trinajstić information content (AvgIpc) is 3.48. The maximum Gasteiger partial charge on any atom is 0.411 e. The lowest BCUT2D eigenvalue weighted by Gasteiger charge is -2.14. The van der Waals surface area contributed by atoms with Crippen LogP contribution in [0.5, 0.6) is 6.08 Å². The zero-order chi connectivity index (χ0) is 19.4. The van der Waals surface area contributed by atoms with E-state index in [1.165, 1.54) is 12.8 Å². The van der Waals surface area contributed by atoms with Crippen molar-refractivity contribution in [1.82, 2.24) is 4.98 Å². The number of hydrogen-bond acceptors (Lipinski definition) is 6. The Balaban J connectivity index is 1.87. The van der Waals surface area contributed by atoms with Gasteiger partial charge in [0, 0.05) is 0 Å². The first-order chi connectivity index (χ1) is 13.0. The van der Waals surface area contributed by atoms with E-state index < -0.39 is 11.7 Å². The first-order valence-corrected chi connectivity index (χ1v) is 9.54. The van der Waals surface area contributed by atoms with Gasteiger partial charge >= 0.3 is 17.8 Å². The third kappa shape index (κ3) is 4.59. The van der Waals surface area contributed by atoms with Gasteiger partial charge in [-0.1, -0.05) is 19.9 Å². The number of anilines is 1. The molecule has 1 saturated carbocycles. The molecule has 0 aliphatic heterocycles. The molecule has 0 bridgehead atoms. The average molecular weight is 374 g/mol. The Morgan fingerprint density at radius 3 is 2.81 bits per heavy atom. The van der Waals surface area contributed by atoms with Crippen molar-refractivity contribution in [3.05, 3.63) is 28.1 Å². The zero-order valence-corrected chi connectivity index (χ0v) is 16.0. The van der Waals surface area contributed by atoms with E-state index in [1.54, 1.807) is 19.1 Å². The van der Waals surface area contributed by atoms with Crippen LogP contribution in [0.15, 0.2) is 21.3 Å². The molecular formula is C20H26N2O5. The van der Waals surface area contributed by atoms with Crippen molar-refractivity contribution in [2.75, 3.05) is 18.5 Å². The van der Waals surface area contributed by atoms with Crippen LogP contribution in [0.2, 0.25) is 0 Å². The number of carbonyl (C=O) groups excluding carboxylic acids is 1. The van der Waals surface area contributed by atoms with Crippen molar-refractivity contribution in [2.24, 2.45) is 11.8 Å². The van der Waals surface area contributed by atoms with Crippen molar-refractivity contribution in [2.45, 2.75) is 46.5 Å². The Bertz CT molecular complexity index is 873. The number of ether oxygens (including phenoxy) is 2. The highest BCUT2D eigenvalue weighted by molar-refractivity contribution is 5.98. The molecule has 7 heteroatoms. The van der Waals surface area contributed by atoms with Crippen molar-refractivity contribution in [1.29, 1.82) is 0 Å². The summed E-state index contributed by atoms with van der Waals surface area (Å²) in [6.07, 6.45) is 3.54. The van der Waals surface area contributed by atoms with Crippen LogP contribution < -0.4 is 15.7 Å². The molecule has 1 N–H and O–H groups in total. The van der Waals surface area contributed by atoms with Gasteiger partial charge in [-0.15, -0.1) is 0 Å². The van der Waals surface area contributed by atoms with E-state index in [0.717, 1.165) is 18.4 Å². The van der Waals surface area contributed by atoms with Crippen LogP contribution in [0, 0.1) is 18.8 Å². The van der Waals surface area contributed by atoms with Crippen LogP contribution in [-0.4, -0.2) is 24.3 Å². The van der Waals surface area contributed by atoms with Crippen LogP contribution in [-0.2, 0) is 4.74 Å². The number of nitrogens with zero attached hydrogens (tertiary/aromatic N) is 1. The number of rotatable bonds is 8. The fraction of sp³-hybridized carbons (Fsp3) is 0.550. The molecule has 1 amide bonds. The normalized spacial score (nSPS) is 14.8. The molecule has 1 unspecified atom stereocenters. The Morgan fingerprint density at radius 2 is 2.15 bits per heavy atom. The van der Waals surface area contributed by atoms with Crippen LogP contribution in [0.1, 0.15) is 45.1 Å². The van der Waals surface area contributed by atoms with E-state index in [4.69, 9.17) is 13.9 Å². The first-order valence-electron chi connectivity index (χ1n) is 9.54. The number of benzene rings is 1. The molecule has 27 heavy (non-hydrogen) atoms. The second kappa shape index (κ2) is 8.41. The van der Waals surface area contributed by atoms with E-state index in [1.807, 2.05) is 6.92 Å². The summed E-state index contributed by atoms with van der Waals surface area (Å²) >= 11 is 0. The molecule has 1 heterocycles. The Hall–Kier alpha value is -2.57. The highest BCUT2D eigenvalue weighted by Crippen LogP contribution is 2.38. The molecule has 0 spiro atoms. The molecule has 1 aliphatic carbocycles.